The van der Waals surface area contributed by atoms with Gasteiger partial charge in [-0.05, 0) is 38.5 Å². The average molecular weight is 383 g/mol. The lowest BCUT2D eigenvalue weighted by Gasteiger charge is -2.39. The Balaban J connectivity index is 1.81. The minimum absolute atomic E-state index is 0.0664. The molecule has 0 aromatic heterocycles. The molecule has 2 rings (SSSR count). The molecule has 0 bridgehead atoms. The maximum Gasteiger partial charge on any atom is 0.226 e. The zero-order valence-electron chi connectivity index (χ0n) is 15.4. The van der Waals surface area contributed by atoms with Crippen molar-refractivity contribution in [2.45, 2.75) is 31.9 Å². The Morgan fingerprint density at radius 1 is 1.44 bits per heavy atom. The summed E-state index contributed by atoms with van der Waals surface area (Å²) in [5.74, 6) is 1.87. The van der Waals surface area contributed by atoms with E-state index in [9.17, 15) is 4.79 Å². The van der Waals surface area contributed by atoms with Crippen LogP contribution >= 0.6 is 23.4 Å². The van der Waals surface area contributed by atoms with Crippen LogP contribution in [0, 0.1) is 6.92 Å². The highest BCUT2D eigenvalue weighted by atomic mass is 35.5. The fraction of sp³-hybridized carbons (Fsp3) is 0.556. The molecule has 1 fully saturated rings. The summed E-state index contributed by atoms with van der Waals surface area (Å²) in [5.41, 5.74) is 1.72. The summed E-state index contributed by atoms with van der Waals surface area (Å²) in [6, 6.07) is 5.60. The Morgan fingerprint density at radius 2 is 2.20 bits per heavy atom. The van der Waals surface area contributed by atoms with Gasteiger partial charge < -0.3 is 15.5 Å². The fourth-order valence-corrected chi connectivity index (χ4v) is 4.15. The van der Waals surface area contributed by atoms with Crippen LogP contribution in [-0.4, -0.2) is 53.9 Å². The lowest BCUT2D eigenvalue weighted by atomic mass is 10.2. The third-order valence-corrected chi connectivity index (χ3v) is 5.58. The minimum atomic E-state index is -0.0664. The van der Waals surface area contributed by atoms with E-state index in [0.717, 1.165) is 30.4 Å². The number of nitrogens with zero attached hydrogens (tertiary/aromatic N) is 2. The summed E-state index contributed by atoms with van der Waals surface area (Å²) in [4.78, 5) is 18.7. The van der Waals surface area contributed by atoms with E-state index in [4.69, 9.17) is 11.6 Å². The highest BCUT2D eigenvalue weighted by Gasteiger charge is 2.28. The van der Waals surface area contributed by atoms with Crippen molar-refractivity contribution in [1.29, 1.82) is 0 Å². The van der Waals surface area contributed by atoms with Crippen molar-refractivity contribution in [3.63, 3.8) is 0 Å². The first kappa shape index (κ1) is 19.9. The number of aliphatic imine (C=N–C) groups is 1. The first-order chi connectivity index (χ1) is 11.8. The second-order valence-corrected chi connectivity index (χ2v) is 8.99. The van der Waals surface area contributed by atoms with Gasteiger partial charge in [-0.3, -0.25) is 9.79 Å². The molecule has 0 radical (unpaired) electrons. The Labute approximate surface area is 159 Å². The molecule has 0 spiro atoms. The number of amides is 1. The number of halogens is 1. The predicted octanol–water partition coefficient (Wildman–Crippen LogP) is 3.38. The summed E-state index contributed by atoms with van der Waals surface area (Å²) in [6.07, 6.45) is 0.356. The topological polar surface area (TPSA) is 56.7 Å². The molecule has 1 saturated heterocycles. The maximum absolute atomic E-state index is 12.1. The van der Waals surface area contributed by atoms with E-state index in [1.807, 2.05) is 36.9 Å². The molecule has 5 nitrogen and oxygen atoms in total. The zero-order valence-corrected chi connectivity index (χ0v) is 16.9. The van der Waals surface area contributed by atoms with Crippen molar-refractivity contribution >= 4 is 40.9 Å². The van der Waals surface area contributed by atoms with Gasteiger partial charge in [0.05, 0.1) is 10.7 Å². The quantitative estimate of drug-likeness (QED) is 0.619. The molecule has 0 unspecified atom stereocenters. The Bertz CT molecular complexity index is 648. The standard InChI is InChI=1S/C18H27ClN4OS/c1-13-5-6-15(14(19)11-13)22-16(24)7-8-21-17(20-4)23-9-10-25-18(2,3)12-23/h5-6,11H,7-10,12H2,1-4H3,(H,20,21)(H,22,24). The van der Waals surface area contributed by atoms with Gasteiger partial charge in [0.2, 0.25) is 5.91 Å². The van der Waals surface area contributed by atoms with Crippen LogP contribution in [0.15, 0.2) is 23.2 Å². The molecule has 25 heavy (non-hydrogen) atoms. The summed E-state index contributed by atoms with van der Waals surface area (Å²) in [6.45, 7) is 8.91. The zero-order chi connectivity index (χ0) is 18.4. The molecule has 1 aliphatic rings. The molecule has 0 saturated carbocycles. The Morgan fingerprint density at radius 3 is 2.84 bits per heavy atom. The van der Waals surface area contributed by atoms with E-state index in [-0.39, 0.29) is 10.7 Å². The van der Waals surface area contributed by atoms with Crippen LogP contribution in [-0.2, 0) is 4.79 Å². The lowest BCUT2D eigenvalue weighted by Crippen LogP contribution is -2.51. The molecule has 1 amide bonds. The van der Waals surface area contributed by atoms with Gasteiger partial charge in [-0.1, -0.05) is 17.7 Å². The molecular weight excluding hydrogens is 356 g/mol. The van der Waals surface area contributed by atoms with Crippen molar-refractivity contribution < 1.29 is 4.79 Å². The normalized spacial score (nSPS) is 17.3. The van der Waals surface area contributed by atoms with Crippen LogP contribution in [0.25, 0.3) is 0 Å². The lowest BCUT2D eigenvalue weighted by molar-refractivity contribution is -0.116. The number of carbonyl (C=O) groups is 1. The number of guanidine groups is 1. The first-order valence-corrected chi connectivity index (χ1v) is 9.83. The number of benzene rings is 1. The fourth-order valence-electron chi connectivity index (χ4n) is 2.75. The minimum Gasteiger partial charge on any atom is -0.356 e. The van der Waals surface area contributed by atoms with Crippen LogP contribution in [0.4, 0.5) is 5.69 Å². The number of rotatable bonds is 4. The van der Waals surface area contributed by atoms with Crippen LogP contribution in [0.3, 0.4) is 0 Å². The van der Waals surface area contributed by atoms with Crippen LogP contribution in [0.2, 0.25) is 5.02 Å². The molecule has 0 atom stereocenters. The number of hydrogen-bond donors (Lipinski definition) is 2. The van der Waals surface area contributed by atoms with E-state index in [1.54, 1.807) is 7.05 Å². The monoisotopic (exact) mass is 382 g/mol. The molecule has 7 heteroatoms. The highest BCUT2D eigenvalue weighted by molar-refractivity contribution is 8.00. The summed E-state index contributed by atoms with van der Waals surface area (Å²) < 4.78 is 0.218. The van der Waals surface area contributed by atoms with Gasteiger partial charge in [0.15, 0.2) is 5.96 Å². The second kappa shape index (κ2) is 8.81. The van der Waals surface area contributed by atoms with E-state index in [1.165, 1.54) is 0 Å². The largest absolute Gasteiger partial charge is 0.356 e. The van der Waals surface area contributed by atoms with Gasteiger partial charge in [0, 0.05) is 43.6 Å². The summed E-state index contributed by atoms with van der Waals surface area (Å²) in [5, 5.41) is 6.70. The molecule has 1 aromatic carbocycles. The van der Waals surface area contributed by atoms with Crippen LogP contribution in [0.1, 0.15) is 25.8 Å². The highest BCUT2D eigenvalue weighted by Crippen LogP contribution is 2.29. The molecule has 2 N–H and O–H groups in total. The molecule has 1 aromatic rings. The average Bonchev–Trinajstić information content (AvgIpc) is 2.53. The van der Waals surface area contributed by atoms with Gasteiger partial charge in [0.25, 0.3) is 0 Å². The van der Waals surface area contributed by atoms with Gasteiger partial charge in [-0.15, -0.1) is 0 Å². The summed E-state index contributed by atoms with van der Waals surface area (Å²) in [7, 11) is 1.78. The number of anilines is 1. The van der Waals surface area contributed by atoms with Crippen molar-refractivity contribution in [3.05, 3.63) is 28.8 Å². The van der Waals surface area contributed by atoms with Gasteiger partial charge in [-0.25, -0.2) is 0 Å². The van der Waals surface area contributed by atoms with Gasteiger partial charge in [0.1, 0.15) is 0 Å². The third kappa shape index (κ3) is 6.12. The molecule has 1 aliphatic heterocycles. The van der Waals surface area contributed by atoms with Gasteiger partial charge >= 0.3 is 0 Å². The SMILES string of the molecule is CN=C(NCCC(=O)Nc1ccc(C)cc1Cl)N1CCSC(C)(C)C1. The number of aryl methyl sites for hydroxylation is 1. The molecule has 138 valence electrons. The molecular formula is C18H27ClN4OS. The Kier molecular flexibility index (Phi) is 7.02. The first-order valence-electron chi connectivity index (χ1n) is 8.46. The predicted molar refractivity (Wildman–Crippen MR) is 109 cm³/mol. The second-order valence-electron chi connectivity index (χ2n) is 6.79. The van der Waals surface area contributed by atoms with Crippen LogP contribution in [0.5, 0.6) is 0 Å². The van der Waals surface area contributed by atoms with E-state index in [2.05, 4.69) is 34.4 Å². The number of nitrogens with one attached hydrogen (secondary N) is 2. The van der Waals surface area contributed by atoms with Gasteiger partial charge in [-0.2, -0.15) is 11.8 Å². The van der Waals surface area contributed by atoms with E-state index in [0.29, 0.717) is 23.7 Å². The van der Waals surface area contributed by atoms with Crippen molar-refractivity contribution in [2.24, 2.45) is 4.99 Å². The third-order valence-electron chi connectivity index (χ3n) is 3.97. The van der Waals surface area contributed by atoms with E-state index < -0.39 is 0 Å². The number of hydrogen-bond acceptors (Lipinski definition) is 3. The van der Waals surface area contributed by atoms with Crippen molar-refractivity contribution in [2.75, 3.05) is 37.8 Å². The smallest absolute Gasteiger partial charge is 0.226 e. The Hall–Kier alpha value is -1.40. The number of carbonyl (C=O) groups excluding carboxylic acids is 1. The van der Waals surface area contributed by atoms with Crippen LogP contribution < -0.4 is 10.6 Å². The van der Waals surface area contributed by atoms with Crippen molar-refractivity contribution in [1.82, 2.24) is 10.2 Å². The molecule has 0 aliphatic carbocycles. The maximum atomic E-state index is 12.1. The van der Waals surface area contributed by atoms with E-state index >= 15 is 0 Å². The molecule has 1 heterocycles. The number of thioether (sulfide) groups is 1. The summed E-state index contributed by atoms with van der Waals surface area (Å²) >= 11 is 8.13. The van der Waals surface area contributed by atoms with Crippen molar-refractivity contribution in [3.8, 4) is 0 Å².